The summed E-state index contributed by atoms with van der Waals surface area (Å²) in [5.74, 6) is 0.575. The number of aromatic nitrogens is 1. The highest BCUT2D eigenvalue weighted by Crippen LogP contribution is 2.25. The fourth-order valence-corrected chi connectivity index (χ4v) is 4.00. The van der Waals surface area contributed by atoms with Crippen LogP contribution < -0.4 is 15.4 Å². The molecule has 0 spiro atoms. The van der Waals surface area contributed by atoms with Crippen molar-refractivity contribution in [2.45, 2.75) is 18.9 Å². The maximum absolute atomic E-state index is 13.2. The first-order valence-corrected chi connectivity index (χ1v) is 11.1. The number of amides is 3. The molecule has 33 heavy (non-hydrogen) atoms. The second-order valence-corrected chi connectivity index (χ2v) is 8.03. The second kappa shape index (κ2) is 10.6. The van der Waals surface area contributed by atoms with Crippen molar-refractivity contribution < 1.29 is 14.3 Å². The minimum atomic E-state index is -0.357. The van der Waals surface area contributed by atoms with Gasteiger partial charge in [0.2, 0.25) is 5.91 Å². The molecular weight excluding hydrogens is 416 g/mol. The lowest BCUT2D eigenvalue weighted by molar-refractivity contribution is -0.126. The molecule has 4 rings (SSSR count). The highest BCUT2D eigenvalue weighted by Gasteiger charge is 2.29. The zero-order valence-electron chi connectivity index (χ0n) is 18.6. The van der Waals surface area contributed by atoms with E-state index >= 15 is 0 Å². The van der Waals surface area contributed by atoms with Gasteiger partial charge >= 0.3 is 6.03 Å². The van der Waals surface area contributed by atoms with Gasteiger partial charge in [-0.15, -0.1) is 0 Å². The van der Waals surface area contributed by atoms with E-state index in [0.717, 1.165) is 22.7 Å². The topological polar surface area (TPSA) is 83.6 Å². The molecule has 170 valence electrons. The first-order valence-electron chi connectivity index (χ1n) is 11.1. The fourth-order valence-electron chi connectivity index (χ4n) is 4.00. The van der Waals surface area contributed by atoms with E-state index in [4.69, 9.17) is 4.74 Å². The number of likely N-dealkylation sites (tertiary alicyclic amines) is 1. The van der Waals surface area contributed by atoms with Crippen LogP contribution in [0.3, 0.4) is 0 Å². The normalized spacial score (nSPS) is 14.9. The molecule has 1 fully saturated rings. The van der Waals surface area contributed by atoms with E-state index in [1.807, 2.05) is 72.8 Å². The number of benzene rings is 2. The second-order valence-electron chi connectivity index (χ2n) is 8.03. The predicted octanol–water partition coefficient (Wildman–Crippen LogP) is 4.24. The number of hydrogen-bond donors (Lipinski definition) is 2. The van der Waals surface area contributed by atoms with E-state index in [9.17, 15) is 9.59 Å². The zero-order chi connectivity index (χ0) is 23.0. The van der Waals surface area contributed by atoms with Gasteiger partial charge in [-0.05, 0) is 54.8 Å². The van der Waals surface area contributed by atoms with Crippen LogP contribution in [0.25, 0.3) is 0 Å². The molecule has 7 nitrogen and oxygen atoms in total. The summed E-state index contributed by atoms with van der Waals surface area (Å²) in [7, 11) is 1.62. The lowest BCUT2D eigenvalue weighted by Gasteiger charge is -2.32. The smallest absolute Gasteiger partial charge is 0.321 e. The molecule has 1 aromatic heterocycles. The van der Waals surface area contributed by atoms with E-state index in [2.05, 4.69) is 15.6 Å². The van der Waals surface area contributed by atoms with Gasteiger partial charge in [-0.2, -0.15) is 0 Å². The average molecular weight is 445 g/mol. The number of hydrogen-bond acceptors (Lipinski definition) is 4. The number of para-hydroxylation sites is 1. The molecule has 0 radical (unpaired) electrons. The fraction of sp³-hybridized carbons (Fsp3) is 0.269. The Labute approximate surface area is 193 Å². The molecule has 3 aromatic rings. The number of nitrogens with zero attached hydrogens (tertiary/aromatic N) is 2. The highest BCUT2D eigenvalue weighted by atomic mass is 16.5. The lowest BCUT2D eigenvalue weighted by Crippen LogP contribution is -2.45. The van der Waals surface area contributed by atoms with E-state index in [-0.39, 0.29) is 23.9 Å². The Balaban J connectivity index is 1.39. The number of ether oxygens (including phenoxy) is 1. The number of carbonyl (C=O) groups is 2. The Morgan fingerprint density at radius 3 is 2.30 bits per heavy atom. The van der Waals surface area contributed by atoms with Gasteiger partial charge < -0.3 is 20.3 Å². The molecule has 1 aliphatic rings. The third-order valence-corrected chi connectivity index (χ3v) is 5.90. The van der Waals surface area contributed by atoms with Crippen molar-refractivity contribution >= 4 is 17.6 Å². The van der Waals surface area contributed by atoms with Crippen molar-refractivity contribution in [3.8, 4) is 5.75 Å². The number of methoxy groups -OCH3 is 1. The van der Waals surface area contributed by atoms with E-state index in [0.29, 0.717) is 25.9 Å². The summed E-state index contributed by atoms with van der Waals surface area (Å²) in [5.41, 5.74) is 2.47. The number of nitrogens with one attached hydrogen (secondary N) is 2. The first-order chi connectivity index (χ1) is 16.1. The number of piperidine rings is 1. The predicted molar refractivity (Wildman–Crippen MR) is 127 cm³/mol. The molecule has 2 N–H and O–H groups in total. The summed E-state index contributed by atoms with van der Waals surface area (Å²) in [6.45, 7) is 1.07. The average Bonchev–Trinajstić information content (AvgIpc) is 2.88. The van der Waals surface area contributed by atoms with E-state index < -0.39 is 0 Å². The van der Waals surface area contributed by atoms with Crippen molar-refractivity contribution in [3.05, 3.63) is 90.3 Å². The molecule has 1 saturated heterocycles. The molecule has 0 aliphatic carbocycles. The molecule has 1 atom stereocenters. The van der Waals surface area contributed by atoms with Crippen molar-refractivity contribution in [3.63, 3.8) is 0 Å². The molecule has 2 heterocycles. The summed E-state index contributed by atoms with van der Waals surface area (Å²) < 4.78 is 5.26. The number of rotatable bonds is 6. The summed E-state index contributed by atoms with van der Waals surface area (Å²) in [6.07, 6.45) is 2.96. The van der Waals surface area contributed by atoms with E-state index in [1.54, 1.807) is 18.2 Å². The summed E-state index contributed by atoms with van der Waals surface area (Å²) in [5, 5.41) is 6.09. The Morgan fingerprint density at radius 1 is 0.970 bits per heavy atom. The summed E-state index contributed by atoms with van der Waals surface area (Å²) in [4.78, 5) is 31.9. The Kier molecular flexibility index (Phi) is 7.19. The van der Waals surface area contributed by atoms with Gasteiger partial charge in [-0.25, -0.2) is 4.79 Å². The van der Waals surface area contributed by atoms with Crippen LogP contribution in [-0.2, 0) is 4.79 Å². The number of pyridine rings is 1. The van der Waals surface area contributed by atoms with Gasteiger partial charge in [0.05, 0.1) is 18.8 Å². The Morgan fingerprint density at radius 2 is 1.67 bits per heavy atom. The van der Waals surface area contributed by atoms with Gasteiger partial charge in [-0.3, -0.25) is 9.78 Å². The Hall–Kier alpha value is -3.87. The molecule has 7 heteroatoms. The van der Waals surface area contributed by atoms with Crippen molar-refractivity contribution in [1.29, 1.82) is 0 Å². The molecule has 2 aromatic carbocycles. The third kappa shape index (κ3) is 5.68. The van der Waals surface area contributed by atoms with Crippen molar-refractivity contribution in [2.75, 3.05) is 25.5 Å². The maximum Gasteiger partial charge on any atom is 0.321 e. The van der Waals surface area contributed by atoms with Crippen molar-refractivity contribution in [2.24, 2.45) is 5.92 Å². The van der Waals surface area contributed by atoms with Gasteiger partial charge in [0.25, 0.3) is 0 Å². The van der Waals surface area contributed by atoms with Crippen molar-refractivity contribution in [1.82, 2.24) is 15.2 Å². The molecule has 0 bridgehead atoms. The molecule has 1 unspecified atom stereocenters. The maximum atomic E-state index is 13.2. The van der Waals surface area contributed by atoms with Gasteiger partial charge in [0, 0.05) is 30.9 Å². The number of carbonyl (C=O) groups excluding carboxylic acids is 2. The minimum Gasteiger partial charge on any atom is -0.497 e. The standard InChI is InChI=1S/C26H28N4O3/c1-33-22-12-10-19(11-13-22)24(23-9-5-6-16-27-23)29-25(31)20-14-17-30(18-15-20)26(32)28-21-7-3-2-4-8-21/h2-13,16,20,24H,14-15,17-18H2,1H3,(H,28,32)(H,29,31). The first kappa shape index (κ1) is 22.3. The van der Waals surface area contributed by atoms with Crippen LogP contribution in [-0.4, -0.2) is 42.0 Å². The largest absolute Gasteiger partial charge is 0.497 e. The summed E-state index contributed by atoms with van der Waals surface area (Å²) in [6, 6.07) is 22.2. The van der Waals surface area contributed by atoms with Crippen LogP contribution in [0.2, 0.25) is 0 Å². The third-order valence-electron chi connectivity index (χ3n) is 5.90. The lowest BCUT2D eigenvalue weighted by atomic mass is 9.94. The van der Waals surface area contributed by atoms with Crippen LogP contribution in [0.5, 0.6) is 5.75 Å². The van der Waals surface area contributed by atoms with Crippen LogP contribution in [0.4, 0.5) is 10.5 Å². The number of anilines is 1. The van der Waals surface area contributed by atoms with Crippen LogP contribution in [0.1, 0.15) is 30.1 Å². The molecule has 0 saturated carbocycles. The van der Waals surface area contributed by atoms with Gasteiger partial charge in [0.15, 0.2) is 0 Å². The van der Waals surface area contributed by atoms with Crippen LogP contribution in [0, 0.1) is 5.92 Å². The summed E-state index contributed by atoms with van der Waals surface area (Å²) >= 11 is 0. The van der Waals surface area contributed by atoms with Crippen LogP contribution >= 0.6 is 0 Å². The minimum absolute atomic E-state index is 0.0235. The molecule has 3 amide bonds. The quantitative estimate of drug-likeness (QED) is 0.596. The highest BCUT2D eigenvalue weighted by molar-refractivity contribution is 5.89. The SMILES string of the molecule is COc1ccc(C(NC(=O)C2CCN(C(=O)Nc3ccccc3)CC2)c2ccccn2)cc1. The number of urea groups is 1. The molecule has 1 aliphatic heterocycles. The van der Waals surface area contributed by atoms with Gasteiger partial charge in [-0.1, -0.05) is 36.4 Å². The Bertz CT molecular complexity index is 1050. The zero-order valence-corrected chi connectivity index (χ0v) is 18.6. The van der Waals surface area contributed by atoms with Gasteiger partial charge in [0.1, 0.15) is 5.75 Å². The monoisotopic (exact) mass is 444 g/mol. The van der Waals surface area contributed by atoms with Crippen LogP contribution in [0.15, 0.2) is 79.0 Å². The van der Waals surface area contributed by atoms with E-state index in [1.165, 1.54) is 0 Å². The molecular formula is C26H28N4O3.